The molecule has 0 radical (unpaired) electrons. The highest BCUT2D eigenvalue weighted by molar-refractivity contribution is 6.31. The molecule has 1 atom stereocenters. The molecule has 1 unspecified atom stereocenters. The average molecular weight is 309 g/mol. The summed E-state index contributed by atoms with van der Waals surface area (Å²) < 4.78 is 0. The first-order chi connectivity index (χ1) is 10.2. The topological polar surface area (TPSA) is 39.7 Å². The highest BCUT2D eigenvalue weighted by Gasteiger charge is 2.20. The van der Waals surface area contributed by atoms with Crippen molar-refractivity contribution in [2.75, 3.05) is 33.7 Å². The van der Waals surface area contributed by atoms with Crippen molar-refractivity contribution in [1.82, 2.24) is 15.5 Å². The Morgan fingerprint density at radius 2 is 2.19 bits per heavy atom. The molecule has 0 spiro atoms. The van der Waals surface area contributed by atoms with Gasteiger partial charge in [-0.25, -0.2) is 0 Å². The number of nitrogens with zero attached hydrogens (tertiary/aromatic N) is 2. The van der Waals surface area contributed by atoms with Crippen LogP contribution in [0.15, 0.2) is 29.3 Å². The second kappa shape index (κ2) is 8.25. The Balaban J connectivity index is 1.72. The van der Waals surface area contributed by atoms with Gasteiger partial charge in [0.1, 0.15) is 0 Å². The van der Waals surface area contributed by atoms with Gasteiger partial charge in [-0.05, 0) is 44.5 Å². The van der Waals surface area contributed by atoms with Crippen LogP contribution in [0, 0.1) is 0 Å². The predicted molar refractivity (Wildman–Crippen MR) is 90.2 cm³/mol. The number of rotatable bonds is 5. The number of aliphatic imine (C=N–C) groups is 1. The van der Waals surface area contributed by atoms with Crippen LogP contribution < -0.4 is 10.6 Å². The fraction of sp³-hybridized carbons (Fsp3) is 0.562. The summed E-state index contributed by atoms with van der Waals surface area (Å²) in [6.45, 7) is 2.97. The molecule has 1 heterocycles. The minimum atomic E-state index is 0.618. The zero-order chi connectivity index (χ0) is 15.1. The number of guanidine groups is 1. The molecule has 21 heavy (non-hydrogen) atoms. The van der Waals surface area contributed by atoms with Crippen LogP contribution in [-0.4, -0.2) is 50.6 Å². The van der Waals surface area contributed by atoms with Crippen LogP contribution >= 0.6 is 11.6 Å². The molecule has 0 saturated carbocycles. The molecule has 4 nitrogen and oxygen atoms in total. The van der Waals surface area contributed by atoms with Crippen molar-refractivity contribution >= 4 is 17.6 Å². The first kappa shape index (κ1) is 16.1. The Labute approximate surface area is 132 Å². The average Bonchev–Trinajstić information content (AvgIpc) is 2.90. The zero-order valence-electron chi connectivity index (χ0n) is 12.9. The highest BCUT2D eigenvalue weighted by atomic mass is 35.5. The van der Waals surface area contributed by atoms with E-state index in [0.717, 1.165) is 36.1 Å². The highest BCUT2D eigenvalue weighted by Crippen LogP contribution is 2.15. The summed E-state index contributed by atoms with van der Waals surface area (Å²) in [5, 5.41) is 7.58. The molecule has 1 aliphatic rings. The molecule has 1 aromatic carbocycles. The van der Waals surface area contributed by atoms with Gasteiger partial charge in [0, 0.05) is 31.2 Å². The van der Waals surface area contributed by atoms with Gasteiger partial charge < -0.3 is 15.5 Å². The van der Waals surface area contributed by atoms with E-state index in [1.165, 1.54) is 19.4 Å². The SMILES string of the molecule is CN=C(NCCc1ccccc1Cl)NCC1CCCN1C. The van der Waals surface area contributed by atoms with Gasteiger partial charge >= 0.3 is 0 Å². The van der Waals surface area contributed by atoms with Gasteiger partial charge in [0.2, 0.25) is 0 Å². The summed E-state index contributed by atoms with van der Waals surface area (Å²) in [7, 11) is 4.00. The molecule has 1 aromatic rings. The smallest absolute Gasteiger partial charge is 0.191 e. The molecular weight excluding hydrogens is 284 g/mol. The Bertz CT molecular complexity index is 475. The van der Waals surface area contributed by atoms with Gasteiger partial charge in [-0.3, -0.25) is 4.99 Å². The van der Waals surface area contributed by atoms with E-state index >= 15 is 0 Å². The van der Waals surface area contributed by atoms with E-state index in [2.05, 4.69) is 33.6 Å². The van der Waals surface area contributed by atoms with Crippen molar-refractivity contribution in [2.45, 2.75) is 25.3 Å². The second-order valence-electron chi connectivity index (χ2n) is 5.50. The van der Waals surface area contributed by atoms with E-state index in [1.54, 1.807) is 0 Å². The second-order valence-corrected chi connectivity index (χ2v) is 5.91. The van der Waals surface area contributed by atoms with Gasteiger partial charge in [-0.2, -0.15) is 0 Å². The summed E-state index contributed by atoms with van der Waals surface area (Å²) in [5.74, 6) is 0.863. The Hall–Kier alpha value is -1.26. The quantitative estimate of drug-likeness (QED) is 0.647. The first-order valence-electron chi connectivity index (χ1n) is 7.59. The number of nitrogens with one attached hydrogen (secondary N) is 2. The number of hydrogen-bond acceptors (Lipinski definition) is 2. The Morgan fingerprint density at radius 1 is 1.38 bits per heavy atom. The fourth-order valence-corrected chi connectivity index (χ4v) is 2.92. The van der Waals surface area contributed by atoms with Crippen molar-refractivity contribution in [2.24, 2.45) is 4.99 Å². The van der Waals surface area contributed by atoms with E-state index < -0.39 is 0 Å². The molecular formula is C16H25ClN4. The largest absolute Gasteiger partial charge is 0.356 e. The maximum Gasteiger partial charge on any atom is 0.191 e. The molecule has 0 bridgehead atoms. The van der Waals surface area contributed by atoms with Crippen LogP contribution in [0.4, 0.5) is 0 Å². The van der Waals surface area contributed by atoms with Crippen LogP contribution in [0.25, 0.3) is 0 Å². The van der Waals surface area contributed by atoms with Crippen LogP contribution in [0.5, 0.6) is 0 Å². The molecule has 0 aromatic heterocycles. The van der Waals surface area contributed by atoms with Gasteiger partial charge in [-0.1, -0.05) is 29.8 Å². The third kappa shape index (κ3) is 4.90. The minimum absolute atomic E-state index is 0.618. The van der Waals surface area contributed by atoms with Crippen molar-refractivity contribution < 1.29 is 0 Å². The van der Waals surface area contributed by atoms with Crippen LogP contribution in [0.2, 0.25) is 5.02 Å². The van der Waals surface area contributed by atoms with Crippen molar-refractivity contribution in [3.8, 4) is 0 Å². The third-order valence-electron chi connectivity index (χ3n) is 4.04. The number of benzene rings is 1. The van der Waals surface area contributed by atoms with Crippen LogP contribution in [-0.2, 0) is 6.42 Å². The molecule has 2 N–H and O–H groups in total. The number of likely N-dealkylation sites (N-methyl/N-ethyl adjacent to an activating group) is 1. The molecule has 1 aliphatic heterocycles. The summed E-state index contributed by atoms with van der Waals surface area (Å²) in [6.07, 6.45) is 3.45. The van der Waals surface area contributed by atoms with E-state index in [1.807, 2.05) is 25.2 Å². The third-order valence-corrected chi connectivity index (χ3v) is 4.41. The van der Waals surface area contributed by atoms with Crippen LogP contribution in [0.1, 0.15) is 18.4 Å². The number of halogens is 1. The summed E-state index contributed by atoms with van der Waals surface area (Å²) in [4.78, 5) is 6.68. The normalized spacial score (nSPS) is 19.8. The molecule has 1 fully saturated rings. The molecule has 2 rings (SSSR count). The fourth-order valence-electron chi connectivity index (χ4n) is 2.69. The predicted octanol–water partition coefficient (Wildman–Crippen LogP) is 2.14. The van der Waals surface area contributed by atoms with Gasteiger partial charge in [0.15, 0.2) is 5.96 Å². The van der Waals surface area contributed by atoms with Crippen molar-refractivity contribution in [3.63, 3.8) is 0 Å². The van der Waals surface area contributed by atoms with E-state index in [4.69, 9.17) is 11.6 Å². The lowest BCUT2D eigenvalue weighted by molar-refractivity contribution is 0.309. The lowest BCUT2D eigenvalue weighted by Crippen LogP contribution is -2.44. The minimum Gasteiger partial charge on any atom is -0.356 e. The molecule has 116 valence electrons. The van der Waals surface area contributed by atoms with Crippen molar-refractivity contribution in [1.29, 1.82) is 0 Å². The number of likely N-dealkylation sites (tertiary alicyclic amines) is 1. The molecule has 0 aliphatic carbocycles. The monoisotopic (exact) mass is 308 g/mol. The standard InChI is InChI=1S/C16H25ClN4/c1-18-16(20-12-14-7-5-11-21(14)2)19-10-9-13-6-3-4-8-15(13)17/h3-4,6,8,14H,5,7,9-12H2,1-2H3,(H2,18,19,20). The molecule has 1 saturated heterocycles. The van der Waals surface area contributed by atoms with E-state index in [-0.39, 0.29) is 0 Å². The van der Waals surface area contributed by atoms with E-state index in [0.29, 0.717) is 6.04 Å². The zero-order valence-corrected chi connectivity index (χ0v) is 13.7. The first-order valence-corrected chi connectivity index (χ1v) is 7.96. The molecule has 0 amide bonds. The van der Waals surface area contributed by atoms with Crippen LogP contribution in [0.3, 0.4) is 0 Å². The molecule has 5 heteroatoms. The van der Waals surface area contributed by atoms with Gasteiger partial charge in [0.25, 0.3) is 0 Å². The Morgan fingerprint density at radius 3 is 2.86 bits per heavy atom. The lowest BCUT2D eigenvalue weighted by Gasteiger charge is -2.21. The van der Waals surface area contributed by atoms with Gasteiger partial charge in [0.05, 0.1) is 0 Å². The lowest BCUT2D eigenvalue weighted by atomic mass is 10.1. The summed E-state index contributed by atoms with van der Waals surface area (Å²) in [6, 6.07) is 8.59. The summed E-state index contributed by atoms with van der Waals surface area (Å²) >= 11 is 6.16. The maximum atomic E-state index is 6.16. The Kier molecular flexibility index (Phi) is 6.33. The number of hydrogen-bond donors (Lipinski definition) is 2. The van der Waals surface area contributed by atoms with Gasteiger partial charge in [-0.15, -0.1) is 0 Å². The summed E-state index contributed by atoms with van der Waals surface area (Å²) in [5.41, 5.74) is 1.16. The van der Waals surface area contributed by atoms with E-state index in [9.17, 15) is 0 Å². The van der Waals surface area contributed by atoms with Crippen molar-refractivity contribution in [3.05, 3.63) is 34.9 Å². The maximum absolute atomic E-state index is 6.16.